The van der Waals surface area contributed by atoms with Crippen LogP contribution in [0.1, 0.15) is 58.3 Å². The third-order valence-electron chi connectivity index (χ3n) is 5.24. The first-order valence-corrected chi connectivity index (χ1v) is 8.26. The molecule has 0 radical (unpaired) electrons. The molecule has 2 saturated carbocycles. The van der Waals surface area contributed by atoms with E-state index in [1.165, 1.54) is 19.3 Å². The molecular formula is C16H30N2O2. The minimum Gasteiger partial charge on any atom is -0.480 e. The summed E-state index contributed by atoms with van der Waals surface area (Å²) in [7, 11) is 2.18. The van der Waals surface area contributed by atoms with Crippen LogP contribution in [0.3, 0.4) is 0 Å². The predicted octanol–water partition coefficient (Wildman–Crippen LogP) is 2.48. The second-order valence-corrected chi connectivity index (χ2v) is 6.80. The van der Waals surface area contributed by atoms with Crippen molar-refractivity contribution in [2.75, 3.05) is 20.1 Å². The molecule has 0 bridgehead atoms. The molecule has 0 spiro atoms. The highest BCUT2D eigenvalue weighted by molar-refractivity contribution is 5.79. The number of nitrogens with zero attached hydrogens (tertiary/aromatic N) is 1. The molecule has 0 heterocycles. The zero-order valence-electron chi connectivity index (χ0n) is 13.0. The van der Waals surface area contributed by atoms with Crippen LogP contribution in [-0.4, -0.2) is 47.7 Å². The van der Waals surface area contributed by atoms with Crippen molar-refractivity contribution in [2.24, 2.45) is 5.92 Å². The van der Waals surface area contributed by atoms with Crippen LogP contribution in [0.4, 0.5) is 0 Å². The van der Waals surface area contributed by atoms with Crippen LogP contribution < -0.4 is 5.32 Å². The van der Waals surface area contributed by atoms with Gasteiger partial charge in [-0.2, -0.15) is 0 Å². The molecule has 116 valence electrons. The largest absolute Gasteiger partial charge is 0.480 e. The van der Waals surface area contributed by atoms with Gasteiger partial charge in [-0.15, -0.1) is 0 Å². The van der Waals surface area contributed by atoms with Gasteiger partial charge < -0.3 is 15.3 Å². The third kappa shape index (κ3) is 3.53. The molecular weight excluding hydrogens is 252 g/mol. The van der Waals surface area contributed by atoms with Gasteiger partial charge in [0.05, 0.1) is 0 Å². The molecule has 2 atom stereocenters. The Labute approximate surface area is 122 Å². The van der Waals surface area contributed by atoms with Crippen molar-refractivity contribution in [3.8, 4) is 0 Å². The van der Waals surface area contributed by atoms with Crippen LogP contribution in [0, 0.1) is 5.92 Å². The lowest BCUT2D eigenvalue weighted by molar-refractivity contribution is -0.147. The molecule has 0 aromatic rings. The van der Waals surface area contributed by atoms with Gasteiger partial charge in [0.2, 0.25) is 0 Å². The molecule has 20 heavy (non-hydrogen) atoms. The summed E-state index contributed by atoms with van der Waals surface area (Å²) in [5.41, 5.74) is -0.688. The Kier molecular flexibility index (Phi) is 5.44. The predicted molar refractivity (Wildman–Crippen MR) is 80.9 cm³/mol. The zero-order chi connectivity index (χ0) is 14.6. The van der Waals surface area contributed by atoms with Crippen LogP contribution in [0.5, 0.6) is 0 Å². The van der Waals surface area contributed by atoms with Gasteiger partial charge in [0.15, 0.2) is 0 Å². The number of rotatable bonds is 7. The molecule has 0 aliphatic heterocycles. The highest BCUT2D eigenvalue weighted by atomic mass is 16.4. The minimum absolute atomic E-state index is 0.421. The first kappa shape index (κ1) is 15.8. The summed E-state index contributed by atoms with van der Waals surface area (Å²) in [6, 6.07) is 0.421. The molecule has 2 unspecified atom stereocenters. The number of carboxylic acids is 1. The average Bonchev–Trinajstić information content (AvgIpc) is 2.40. The number of carboxylic acid groups (broad SMARTS) is 1. The van der Waals surface area contributed by atoms with E-state index in [0.29, 0.717) is 6.04 Å². The topological polar surface area (TPSA) is 52.6 Å². The lowest BCUT2D eigenvalue weighted by atomic mass is 9.77. The Balaban J connectivity index is 1.95. The molecule has 2 aliphatic carbocycles. The Bertz CT molecular complexity index is 330. The maximum Gasteiger partial charge on any atom is 0.323 e. The van der Waals surface area contributed by atoms with E-state index in [9.17, 15) is 9.90 Å². The van der Waals surface area contributed by atoms with E-state index in [1.54, 1.807) is 0 Å². The lowest BCUT2D eigenvalue weighted by Gasteiger charge is -2.43. The molecule has 0 saturated heterocycles. The molecule has 0 aromatic carbocycles. The van der Waals surface area contributed by atoms with E-state index < -0.39 is 11.5 Å². The highest BCUT2D eigenvalue weighted by Crippen LogP contribution is 2.33. The Morgan fingerprint density at radius 2 is 2.10 bits per heavy atom. The number of hydrogen-bond donors (Lipinski definition) is 2. The van der Waals surface area contributed by atoms with Crippen molar-refractivity contribution < 1.29 is 9.90 Å². The van der Waals surface area contributed by atoms with Crippen LogP contribution >= 0.6 is 0 Å². The van der Waals surface area contributed by atoms with E-state index >= 15 is 0 Å². The van der Waals surface area contributed by atoms with Gasteiger partial charge in [-0.05, 0) is 64.5 Å². The summed E-state index contributed by atoms with van der Waals surface area (Å²) >= 11 is 0. The van der Waals surface area contributed by atoms with Crippen molar-refractivity contribution in [1.29, 1.82) is 0 Å². The van der Waals surface area contributed by atoms with Gasteiger partial charge in [0.25, 0.3) is 0 Å². The average molecular weight is 282 g/mol. The van der Waals surface area contributed by atoms with E-state index in [-0.39, 0.29) is 0 Å². The van der Waals surface area contributed by atoms with Crippen molar-refractivity contribution >= 4 is 5.97 Å². The summed E-state index contributed by atoms with van der Waals surface area (Å²) in [4.78, 5) is 14.2. The van der Waals surface area contributed by atoms with Crippen molar-refractivity contribution in [2.45, 2.75) is 69.9 Å². The fraction of sp³-hybridized carbons (Fsp3) is 0.938. The number of carbonyl (C=O) groups is 1. The standard InChI is InChI=1S/C16H30N2O2/c1-3-10-17-16(15(19)20)9-5-8-14(11-16)18(2)12-13-6-4-7-13/h13-14,17H,3-12H2,1-2H3,(H,19,20). The number of nitrogens with one attached hydrogen (secondary N) is 1. The van der Waals surface area contributed by atoms with Gasteiger partial charge in [0.1, 0.15) is 5.54 Å². The first-order chi connectivity index (χ1) is 9.57. The van der Waals surface area contributed by atoms with Gasteiger partial charge in [-0.1, -0.05) is 13.3 Å². The van der Waals surface area contributed by atoms with Crippen molar-refractivity contribution in [3.63, 3.8) is 0 Å². The molecule has 0 aromatic heterocycles. The van der Waals surface area contributed by atoms with Crippen LogP contribution in [0.2, 0.25) is 0 Å². The van der Waals surface area contributed by atoms with Crippen LogP contribution in [0.25, 0.3) is 0 Å². The number of hydrogen-bond acceptors (Lipinski definition) is 3. The molecule has 4 nitrogen and oxygen atoms in total. The molecule has 2 fully saturated rings. The van der Waals surface area contributed by atoms with Gasteiger partial charge in [0, 0.05) is 12.6 Å². The quantitative estimate of drug-likeness (QED) is 0.753. The third-order valence-corrected chi connectivity index (χ3v) is 5.24. The molecule has 2 aliphatic rings. The first-order valence-electron chi connectivity index (χ1n) is 8.26. The zero-order valence-corrected chi connectivity index (χ0v) is 13.0. The van der Waals surface area contributed by atoms with Gasteiger partial charge in [-0.25, -0.2) is 0 Å². The summed E-state index contributed by atoms with van der Waals surface area (Å²) in [6.45, 7) is 4.03. The SMILES string of the molecule is CCCNC1(C(=O)O)CCCC(N(C)CC2CCC2)C1. The lowest BCUT2D eigenvalue weighted by Crippen LogP contribution is -2.58. The normalized spacial score (nSPS) is 31.2. The summed E-state index contributed by atoms with van der Waals surface area (Å²) in [5, 5.41) is 13.0. The Morgan fingerprint density at radius 1 is 1.35 bits per heavy atom. The number of aliphatic carboxylic acids is 1. The molecule has 2 N–H and O–H groups in total. The van der Waals surface area contributed by atoms with Crippen LogP contribution in [0.15, 0.2) is 0 Å². The maximum absolute atomic E-state index is 11.8. The summed E-state index contributed by atoms with van der Waals surface area (Å²) in [6.07, 6.45) is 8.76. The smallest absolute Gasteiger partial charge is 0.323 e. The monoisotopic (exact) mass is 282 g/mol. The second kappa shape index (κ2) is 6.90. The van der Waals surface area contributed by atoms with Crippen LogP contribution in [-0.2, 0) is 4.79 Å². The van der Waals surface area contributed by atoms with Crippen molar-refractivity contribution in [1.82, 2.24) is 10.2 Å². The van der Waals surface area contributed by atoms with E-state index in [0.717, 1.165) is 51.1 Å². The Hall–Kier alpha value is -0.610. The fourth-order valence-corrected chi connectivity index (χ4v) is 3.65. The Morgan fingerprint density at radius 3 is 2.65 bits per heavy atom. The summed E-state index contributed by atoms with van der Waals surface area (Å²) < 4.78 is 0. The highest BCUT2D eigenvalue weighted by Gasteiger charge is 2.43. The summed E-state index contributed by atoms with van der Waals surface area (Å²) in [5.74, 6) is 0.192. The second-order valence-electron chi connectivity index (χ2n) is 6.80. The van der Waals surface area contributed by atoms with Gasteiger partial charge in [-0.3, -0.25) is 4.79 Å². The molecule has 4 heteroatoms. The molecule has 2 rings (SSSR count). The maximum atomic E-state index is 11.8. The van der Waals surface area contributed by atoms with E-state index in [1.807, 2.05) is 0 Å². The fourth-order valence-electron chi connectivity index (χ4n) is 3.65. The van der Waals surface area contributed by atoms with Crippen molar-refractivity contribution in [3.05, 3.63) is 0 Å². The van der Waals surface area contributed by atoms with Gasteiger partial charge >= 0.3 is 5.97 Å². The van der Waals surface area contributed by atoms with E-state index in [4.69, 9.17) is 0 Å². The molecule has 0 amide bonds. The minimum atomic E-state index is -0.688. The van der Waals surface area contributed by atoms with E-state index in [2.05, 4.69) is 24.2 Å².